The molecule has 0 unspecified atom stereocenters. The standard InChI is InChI=1S/C51H31N3O2/c1-3-12-32(13-4-1)34-16-9-18-36(28-34)37-25-27-45-43(30-37)40-26-24-39(31-47(40)56-45)50-52-49(38-19-10-17-35(29-38)33-14-5-2-6-15-33)53-51(54-50)42-21-11-23-46-48(42)41-20-7-8-22-44(41)55-46/h1-31H/i24D,25D,26D,27D,30D,31D. The number of benzene rings is 8. The third-order valence-electron chi connectivity index (χ3n) is 10.00. The number of furan rings is 2. The third kappa shape index (κ3) is 5.53. The number of hydrogen-bond acceptors (Lipinski definition) is 5. The van der Waals surface area contributed by atoms with Crippen LogP contribution in [0.15, 0.2) is 197 Å². The molecule has 56 heavy (non-hydrogen) atoms. The Labute approximate surface area is 330 Å². The fraction of sp³-hybridized carbons (Fsp3) is 0. The van der Waals surface area contributed by atoms with E-state index in [-0.39, 0.29) is 86.8 Å². The monoisotopic (exact) mass is 723 g/mol. The normalized spacial score (nSPS) is 13.1. The van der Waals surface area contributed by atoms with Gasteiger partial charge in [-0.15, -0.1) is 0 Å². The molecule has 0 spiro atoms. The molecule has 0 amide bonds. The zero-order chi connectivity index (χ0) is 42.2. The van der Waals surface area contributed by atoms with E-state index in [9.17, 15) is 5.48 Å². The van der Waals surface area contributed by atoms with E-state index in [1.165, 1.54) is 0 Å². The predicted octanol–water partition coefficient (Wildman–Crippen LogP) is 13.7. The molecule has 0 saturated heterocycles. The van der Waals surface area contributed by atoms with E-state index < -0.39 is 0 Å². The van der Waals surface area contributed by atoms with Gasteiger partial charge in [-0.05, 0) is 81.8 Å². The highest BCUT2D eigenvalue weighted by molar-refractivity contribution is 6.12. The number of nitrogens with zero attached hydrogens (tertiary/aromatic N) is 3. The Hall–Kier alpha value is -7.63. The molecular formula is C51H31N3O2. The van der Waals surface area contributed by atoms with Gasteiger partial charge in [0.1, 0.15) is 22.3 Å². The first kappa shape index (κ1) is 26.2. The van der Waals surface area contributed by atoms with Crippen LogP contribution in [0.25, 0.3) is 111 Å². The van der Waals surface area contributed by atoms with Crippen molar-refractivity contribution in [3.05, 3.63) is 188 Å². The summed E-state index contributed by atoms with van der Waals surface area (Å²) in [5.41, 5.74) is 6.86. The molecule has 0 aliphatic rings. The zero-order valence-corrected chi connectivity index (χ0v) is 29.6. The second-order valence-corrected chi connectivity index (χ2v) is 13.5. The Morgan fingerprint density at radius 3 is 1.66 bits per heavy atom. The van der Waals surface area contributed by atoms with E-state index in [2.05, 4.69) is 0 Å². The van der Waals surface area contributed by atoms with Crippen LogP contribution in [0.1, 0.15) is 8.22 Å². The number of aromatic nitrogens is 3. The maximum absolute atomic E-state index is 9.61. The van der Waals surface area contributed by atoms with Crippen LogP contribution in [-0.2, 0) is 0 Å². The zero-order valence-electron chi connectivity index (χ0n) is 35.6. The Kier molecular flexibility index (Phi) is 6.10. The summed E-state index contributed by atoms with van der Waals surface area (Å²) in [6.07, 6.45) is 0. The predicted molar refractivity (Wildman–Crippen MR) is 227 cm³/mol. The van der Waals surface area contributed by atoms with Crippen LogP contribution >= 0.6 is 0 Å². The van der Waals surface area contributed by atoms with Gasteiger partial charge < -0.3 is 8.83 Å². The second kappa shape index (κ2) is 13.0. The van der Waals surface area contributed by atoms with E-state index in [0.717, 1.165) is 33.0 Å². The van der Waals surface area contributed by atoms with Crippen molar-refractivity contribution in [2.75, 3.05) is 0 Å². The third-order valence-corrected chi connectivity index (χ3v) is 10.00. The summed E-state index contributed by atoms with van der Waals surface area (Å²) in [7, 11) is 0. The molecule has 0 bridgehead atoms. The molecule has 0 aliphatic heterocycles. The molecule has 0 saturated carbocycles. The van der Waals surface area contributed by atoms with Gasteiger partial charge in [-0.1, -0.05) is 139 Å². The first-order chi connectivity index (χ1) is 30.2. The van der Waals surface area contributed by atoms with Crippen LogP contribution in [0.4, 0.5) is 0 Å². The van der Waals surface area contributed by atoms with Gasteiger partial charge in [-0.2, -0.15) is 0 Å². The van der Waals surface area contributed by atoms with Gasteiger partial charge in [-0.3, -0.25) is 0 Å². The van der Waals surface area contributed by atoms with Gasteiger partial charge in [0.05, 0.1) is 8.22 Å². The molecule has 3 aromatic heterocycles. The maximum atomic E-state index is 9.61. The van der Waals surface area contributed by atoms with Crippen molar-refractivity contribution in [2.45, 2.75) is 0 Å². The second-order valence-electron chi connectivity index (χ2n) is 13.5. The minimum atomic E-state index is -0.355. The van der Waals surface area contributed by atoms with Crippen molar-refractivity contribution in [3.8, 4) is 67.5 Å². The summed E-state index contributed by atoms with van der Waals surface area (Å²) in [4.78, 5) is 14.9. The molecule has 5 heteroatoms. The highest BCUT2D eigenvalue weighted by Gasteiger charge is 2.19. The topological polar surface area (TPSA) is 65.0 Å². The fourth-order valence-corrected chi connectivity index (χ4v) is 7.30. The van der Waals surface area contributed by atoms with Gasteiger partial charge in [0.15, 0.2) is 17.5 Å². The number of hydrogen-bond donors (Lipinski definition) is 0. The highest BCUT2D eigenvalue weighted by atomic mass is 16.3. The SMILES string of the molecule is [2H]c1c(-c2cccc(-c3ccccc3)c2)c([2H])c2c(oc3c([2H])c(-c4nc(-c5cccc(-c6ccccc6)c5)nc(-c5cccc6oc7ccccc7c56)n4)c([2H])c([2H])c32)c1[2H]. The Balaban J connectivity index is 1.15. The average Bonchev–Trinajstić information content (AvgIpc) is 3.92. The van der Waals surface area contributed by atoms with Crippen LogP contribution in [0.5, 0.6) is 0 Å². The molecule has 11 aromatic rings. The quantitative estimate of drug-likeness (QED) is 0.171. The van der Waals surface area contributed by atoms with Crippen molar-refractivity contribution >= 4 is 43.9 Å². The molecule has 0 fully saturated rings. The van der Waals surface area contributed by atoms with Crippen LogP contribution < -0.4 is 0 Å². The number of para-hydroxylation sites is 1. The molecule has 0 N–H and O–H groups in total. The number of fused-ring (bicyclic) bond motifs is 6. The summed E-state index contributed by atoms with van der Waals surface area (Å²) >= 11 is 0. The molecule has 0 radical (unpaired) electrons. The molecule has 0 atom stereocenters. The van der Waals surface area contributed by atoms with Crippen molar-refractivity contribution in [1.82, 2.24) is 15.0 Å². The summed E-state index contributed by atoms with van der Waals surface area (Å²) < 4.78 is 68.6. The Morgan fingerprint density at radius 2 is 0.893 bits per heavy atom. The number of rotatable bonds is 6. The fourth-order valence-electron chi connectivity index (χ4n) is 7.30. The molecule has 0 aliphatic carbocycles. The summed E-state index contributed by atoms with van der Waals surface area (Å²) in [6.45, 7) is 0. The van der Waals surface area contributed by atoms with Crippen LogP contribution in [0, 0.1) is 0 Å². The van der Waals surface area contributed by atoms with Crippen molar-refractivity contribution in [1.29, 1.82) is 0 Å². The molecule has 3 heterocycles. The smallest absolute Gasteiger partial charge is 0.164 e. The lowest BCUT2D eigenvalue weighted by Gasteiger charge is -2.10. The largest absolute Gasteiger partial charge is 0.456 e. The van der Waals surface area contributed by atoms with Gasteiger partial charge in [0, 0.05) is 38.2 Å². The van der Waals surface area contributed by atoms with Crippen molar-refractivity contribution in [2.24, 2.45) is 0 Å². The molecule has 11 rings (SSSR count). The molecular weight excluding hydrogens is 687 g/mol. The van der Waals surface area contributed by atoms with Crippen molar-refractivity contribution in [3.63, 3.8) is 0 Å². The first-order valence-electron chi connectivity index (χ1n) is 21.2. The summed E-state index contributed by atoms with van der Waals surface area (Å²) in [5, 5.41) is 1.78. The van der Waals surface area contributed by atoms with E-state index in [1.807, 2.05) is 146 Å². The van der Waals surface area contributed by atoms with Gasteiger partial charge >= 0.3 is 0 Å². The van der Waals surface area contributed by atoms with E-state index in [1.54, 1.807) is 6.07 Å². The molecule has 5 nitrogen and oxygen atoms in total. The molecule has 262 valence electrons. The van der Waals surface area contributed by atoms with E-state index >= 15 is 0 Å². The highest BCUT2D eigenvalue weighted by Crippen LogP contribution is 2.39. The lowest BCUT2D eigenvalue weighted by atomic mass is 9.98. The first-order valence-corrected chi connectivity index (χ1v) is 18.2. The minimum absolute atomic E-state index is 0.0254. The summed E-state index contributed by atoms with van der Waals surface area (Å²) in [5.74, 6) is 0.527. The maximum Gasteiger partial charge on any atom is 0.164 e. The lowest BCUT2D eigenvalue weighted by molar-refractivity contribution is 0.668. The van der Waals surface area contributed by atoms with Crippen LogP contribution in [0.3, 0.4) is 0 Å². The van der Waals surface area contributed by atoms with Crippen molar-refractivity contribution < 1.29 is 17.1 Å². The average molecular weight is 724 g/mol. The van der Waals surface area contributed by atoms with Crippen LogP contribution in [0.2, 0.25) is 0 Å². The van der Waals surface area contributed by atoms with E-state index in [0.29, 0.717) is 27.9 Å². The van der Waals surface area contributed by atoms with Gasteiger partial charge in [-0.25, -0.2) is 15.0 Å². The summed E-state index contributed by atoms with van der Waals surface area (Å²) in [6, 6.07) is 46.6. The Morgan fingerprint density at radius 1 is 0.339 bits per heavy atom. The van der Waals surface area contributed by atoms with E-state index in [4.69, 9.17) is 26.5 Å². The Bertz CT molecular complexity index is 3610. The van der Waals surface area contributed by atoms with Gasteiger partial charge in [0.25, 0.3) is 0 Å². The lowest BCUT2D eigenvalue weighted by Crippen LogP contribution is -2.00. The van der Waals surface area contributed by atoms with Gasteiger partial charge in [0.2, 0.25) is 0 Å². The van der Waals surface area contributed by atoms with Crippen LogP contribution in [-0.4, -0.2) is 15.0 Å². The minimum Gasteiger partial charge on any atom is -0.456 e. The molecule has 8 aromatic carbocycles.